The van der Waals surface area contributed by atoms with Gasteiger partial charge in [-0.25, -0.2) is 0 Å². The van der Waals surface area contributed by atoms with Gasteiger partial charge in [-0.3, -0.25) is 4.79 Å². The first kappa shape index (κ1) is 12.7. The molecule has 3 heterocycles. The standard InChI is InChI=1S/C17H15NO2S/c1-11-13-7-9-21-16(13)6-8-18(11)17(19)15-10-12-4-2-3-5-14(12)20-15/h2-5,7,9-11H,6,8H2,1H3/t11-/m0/s1. The van der Waals surface area contributed by atoms with Crippen molar-refractivity contribution >= 4 is 28.2 Å². The summed E-state index contributed by atoms with van der Waals surface area (Å²) in [4.78, 5) is 16.1. The quantitative estimate of drug-likeness (QED) is 0.672. The molecule has 3 nitrogen and oxygen atoms in total. The average molecular weight is 297 g/mol. The Morgan fingerprint density at radius 3 is 3.05 bits per heavy atom. The molecule has 0 aliphatic carbocycles. The molecule has 2 aromatic heterocycles. The molecule has 0 saturated carbocycles. The van der Waals surface area contributed by atoms with Gasteiger partial charge in [0.1, 0.15) is 5.58 Å². The van der Waals surface area contributed by atoms with Crippen LogP contribution in [0, 0.1) is 0 Å². The number of carbonyl (C=O) groups is 1. The third-order valence-corrected chi connectivity index (χ3v) is 5.17. The Hall–Kier alpha value is -2.07. The molecule has 0 saturated heterocycles. The second-order valence-corrected chi connectivity index (χ2v) is 6.37. The minimum Gasteiger partial charge on any atom is -0.451 e. The van der Waals surface area contributed by atoms with Crippen molar-refractivity contribution in [2.75, 3.05) is 6.54 Å². The smallest absolute Gasteiger partial charge is 0.290 e. The summed E-state index contributed by atoms with van der Waals surface area (Å²) in [5.74, 6) is 0.414. The van der Waals surface area contributed by atoms with Crippen LogP contribution in [-0.2, 0) is 6.42 Å². The number of para-hydroxylation sites is 1. The Balaban J connectivity index is 1.69. The zero-order chi connectivity index (χ0) is 14.4. The first-order chi connectivity index (χ1) is 10.2. The second-order valence-electron chi connectivity index (χ2n) is 5.37. The highest BCUT2D eigenvalue weighted by Crippen LogP contribution is 2.34. The van der Waals surface area contributed by atoms with Crippen LogP contribution in [0.2, 0.25) is 0 Å². The molecule has 0 unspecified atom stereocenters. The Labute approximate surface area is 126 Å². The van der Waals surface area contributed by atoms with Gasteiger partial charge in [-0.1, -0.05) is 18.2 Å². The molecule has 1 aromatic carbocycles. The molecule has 0 radical (unpaired) electrons. The van der Waals surface area contributed by atoms with Crippen LogP contribution >= 0.6 is 11.3 Å². The highest BCUT2D eigenvalue weighted by atomic mass is 32.1. The zero-order valence-electron chi connectivity index (χ0n) is 11.7. The number of rotatable bonds is 1. The summed E-state index contributed by atoms with van der Waals surface area (Å²) in [6, 6.07) is 11.8. The van der Waals surface area contributed by atoms with E-state index in [-0.39, 0.29) is 11.9 Å². The van der Waals surface area contributed by atoms with Crippen molar-refractivity contribution in [2.45, 2.75) is 19.4 Å². The molecule has 1 aliphatic rings. The van der Waals surface area contributed by atoms with Crippen molar-refractivity contribution < 1.29 is 9.21 Å². The molecule has 4 heteroatoms. The van der Waals surface area contributed by atoms with Crippen molar-refractivity contribution in [3.63, 3.8) is 0 Å². The first-order valence-corrected chi connectivity index (χ1v) is 7.98. The molecule has 4 rings (SSSR count). The SMILES string of the molecule is C[C@H]1c2ccsc2CCN1C(=O)c1cc2ccccc2o1. The Kier molecular flexibility index (Phi) is 2.86. The van der Waals surface area contributed by atoms with Gasteiger partial charge in [-0.05, 0) is 42.5 Å². The number of carbonyl (C=O) groups excluding carboxylic acids is 1. The molecule has 0 fully saturated rings. The van der Waals surface area contributed by atoms with Gasteiger partial charge in [0.15, 0.2) is 5.76 Å². The first-order valence-electron chi connectivity index (χ1n) is 7.10. The van der Waals surface area contributed by atoms with E-state index in [0.717, 1.165) is 23.9 Å². The summed E-state index contributed by atoms with van der Waals surface area (Å²) in [5, 5.41) is 3.08. The van der Waals surface area contributed by atoms with Gasteiger partial charge in [-0.2, -0.15) is 0 Å². The fourth-order valence-electron chi connectivity index (χ4n) is 3.02. The van der Waals surface area contributed by atoms with Crippen LogP contribution in [0.5, 0.6) is 0 Å². The van der Waals surface area contributed by atoms with Gasteiger partial charge < -0.3 is 9.32 Å². The van der Waals surface area contributed by atoms with E-state index >= 15 is 0 Å². The van der Waals surface area contributed by atoms with Crippen LogP contribution < -0.4 is 0 Å². The molecule has 21 heavy (non-hydrogen) atoms. The van der Waals surface area contributed by atoms with Crippen LogP contribution in [0.3, 0.4) is 0 Å². The topological polar surface area (TPSA) is 33.5 Å². The van der Waals surface area contributed by atoms with Gasteiger partial charge in [-0.15, -0.1) is 11.3 Å². The van der Waals surface area contributed by atoms with Crippen molar-refractivity contribution in [3.05, 3.63) is 58.0 Å². The Bertz CT molecular complexity index is 784. The molecule has 1 atom stereocenters. The molecule has 106 valence electrons. The summed E-state index contributed by atoms with van der Waals surface area (Å²) < 4.78 is 5.71. The van der Waals surface area contributed by atoms with Crippen LogP contribution in [0.15, 0.2) is 46.2 Å². The minimum atomic E-state index is -0.0180. The second kappa shape index (κ2) is 4.74. The molecule has 0 spiro atoms. The maximum Gasteiger partial charge on any atom is 0.290 e. The summed E-state index contributed by atoms with van der Waals surface area (Å²) in [6.07, 6.45) is 0.934. The zero-order valence-corrected chi connectivity index (χ0v) is 12.5. The van der Waals surface area contributed by atoms with Gasteiger partial charge >= 0.3 is 0 Å². The molecular formula is C17H15NO2S. The highest BCUT2D eigenvalue weighted by Gasteiger charge is 2.30. The molecule has 3 aromatic rings. The van der Waals surface area contributed by atoms with E-state index in [9.17, 15) is 4.79 Å². The van der Waals surface area contributed by atoms with Crippen LogP contribution in [0.1, 0.15) is 34.0 Å². The molecule has 0 N–H and O–H groups in total. The normalized spacial score (nSPS) is 18.0. The number of hydrogen-bond acceptors (Lipinski definition) is 3. The Morgan fingerprint density at radius 1 is 1.33 bits per heavy atom. The monoisotopic (exact) mass is 297 g/mol. The molecule has 0 bridgehead atoms. The maximum atomic E-state index is 12.7. The minimum absolute atomic E-state index is 0.0180. The number of fused-ring (bicyclic) bond motifs is 2. The summed E-state index contributed by atoms with van der Waals surface area (Å²) in [6.45, 7) is 2.84. The van der Waals surface area contributed by atoms with E-state index in [0.29, 0.717) is 5.76 Å². The lowest BCUT2D eigenvalue weighted by Crippen LogP contribution is -2.38. The molecule has 1 aliphatic heterocycles. The number of hydrogen-bond donors (Lipinski definition) is 0. The third kappa shape index (κ3) is 1.98. The van der Waals surface area contributed by atoms with Gasteiger partial charge in [0, 0.05) is 16.8 Å². The lowest BCUT2D eigenvalue weighted by molar-refractivity contribution is 0.0649. The van der Waals surface area contributed by atoms with Crippen molar-refractivity contribution in [1.29, 1.82) is 0 Å². The fraction of sp³-hybridized carbons (Fsp3) is 0.235. The molecule has 1 amide bonds. The van der Waals surface area contributed by atoms with E-state index in [4.69, 9.17) is 4.42 Å². The van der Waals surface area contributed by atoms with Crippen LogP contribution in [0.4, 0.5) is 0 Å². The maximum absolute atomic E-state index is 12.7. The number of nitrogens with zero attached hydrogens (tertiary/aromatic N) is 1. The summed E-state index contributed by atoms with van der Waals surface area (Å²) in [7, 11) is 0. The lowest BCUT2D eigenvalue weighted by Gasteiger charge is -2.33. The lowest BCUT2D eigenvalue weighted by atomic mass is 10.0. The highest BCUT2D eigenvalue weighted by molar-refractivity contribution is 7.10. The largest absolute Gasteiger partial charge is 0.451 e. The van der Waals surface area contributed by atoms with Crippen LogP contribution in [0.25, 0.3) is 11.0 Å². The number of furan rings is 1. The van der Waals surface area contributed by atoms with E-state index in [2.05, 4.69) is 18.4 Å². The van der Waals surface area contributed by atoms with Gasteiger partial charge in [0.2, 0.25) is 0 Å². The Morgan fingerprint density at radius 2 is 2.19 bits per heavy atom. The summed E-state index contributed by atoms with van der Waals surface area (Å²) in [5.41, 5.74) is 2.04. The van der Waals surface area contributed by atoms with Gasteiger partial charge in [0.25, 0.3) is 5.91 Å². The van der Waals surface area contributed by atoms with E-state index < -0.39 is 0 Å². The van der Waals surface area contributed by atoms with Crippen molar-refractivity contribution in [3.8, 4) is 0 Å². The number of thiophene rings is 1. The third-order valence-electron chi connectivity index (χ3n) is 4.17. The average Bonchev–Trinajstić information content (AvgIpc) is 3.13. The summed E-state index contributed by atoms with van der Waals surface area (Å²) >= 11 is 1.78. The predicted molar refractivity (Wildman–Crippen MR) is 83.7 cm³/mol. The van der Waals surface area contributed by atoms with Crippen LogP contribution in [-0.4, -0.2) is 17.4 Å². The number of benzene rings is 1. The fourth-order valence-corrected chi connectivity index (χ4v) is 3.98. The van der Waals surface area contributed by atoms with Crippen molar-refractivity contribution in [1.82, 2.24) is 4.90 Å². The van der Waals surface area contributed by atoms with E-state index in [1.807, 2.05) is 35.2 Å². The van der Waals surface area contributed by atoms with Crippen molar-refractivity contribution in [2.24, 2.45) is 0 Å². The predicted octanol–water partition coefficient (Wildman–Crippen LogP) is 4.25. The number of amides is 1. The van der Waals surface area contributed by atoms with Gasteiger partial charge in [0.05, 0.1) is 6.04 Å². The molecular weight excluding hydrogens is 282 g/mol. The van der Waals surface area contributed by atoms with E-state index in [1.54, 1.807) is 11.3 Å². The van der Waals surface area contributed by atoms with E-state index in [1.165, 1.54) is 10.4 Å².